The normalized spacial score (nSPS) is 9.50. The van der Waals surface area contributed by atoms with E-state index in [-0.39, 0.29) is 16.1 Å². The molecular formula is C10H8Cl3N3O2. The predicted octanol–water partition coefficient (Wildman–Crippen LogP) is 3.34. The van der Waals surface area contributed by atoms with Crippen LogP contribution in [0.15, 0.2) is 24.3 Å². The van der Waals surface area contributed by atoms with Crippen LogP contribution in [-0.4, -0.2) is 21.0 Å². The van der Waals surface area contributed by atoms with E-state index in [2.05, 4.69) is 9.97 Å². The Morgan fingerprint density at radius 3 is 2.06 bits per heavy atom. The largest absolute Gasteiger partial charge is 0.475 e. The molecule has 1 aromatic heterocycles. The number of carboxylic acid groups (broad SMARTS) is 1. The van der Waals surface area contributed by atoms with E-state index >= 15 is 0 Å². The first-order valence-corrected chi connectivity index (χ1v) is 5.69. The van der Waals surface area contributed by atoms with Gasteiger partial charge in [-0.2, -0.15) is 0 Å². The number of nitrogens with one attached hydrogen (secondary N) is 1. The first-order chi connectivity index (χ1) is 8.40. The number of nitrogens with zero attached hydrogens (tertiary/aromatic N) is 1. The van der Waals surface area contributed by atoms with Crippen LogP contribution in [0.1, 0.15) is 10.6 Å². The zero-order valence-electron chi connectivity index (χ0n) is 8.82. The molecule has 1 heterocycles. The molecule has 5 nitrogen and oxygen atoms in total. The third-order valence-corrected chi connectivity index (χ3v) is 2.59. The van der Waals surface area contributed by atoms with Gasteiger partial charge in [0.1, 0.15) is 5.15 Å². The Bertz CT molecular complexity index is 499. The Labute approximate surface area is 117 Å². The fourth-order valence-corrected chi connectivity index (χ4v) is 1.28. The minimum absolute atomic E-state index is 0.0286. The second-order valence-corrected chi connectivity index (χ2v) is 4.22. The summed E-state index contributed by atoms with van der Waals surface area (Å²) in [7, 11) is 0. The highest BCUT2D eigenvalue weighted by Gasteiger charge is 2.10. The molecule has 0 bridgehead atoms. The number of aromatic carboxylic acids is 1. The number of halogens is 3. The number of imidazole rings is 1. The molecule has 4 N–H and O–H groups in total. The maximum Gasteiger partial charge on any atom is 0.371 e. The highest BCUT2D eigenvalue weighted by atomic mass is 35.5. The van der Waals surface area contributed by atoms with Crippen molar-refractivity contribution >= 4 is 46.5 Å². The molecule has 0 fully saturated rings. The number of carbonyl (C=O) groups is 1. The van der Waals surface area contributed by atoms with Crippen LogP contribution in [-0.2, 0) is 0 Å². The van der Waals surface area contributed by atoms with E-state index in [0.29, 0.717) is 0 Å². The third kappa shape index (κ3) is 4.44. The summed E-state index contributed by atoms with van der Waals surface area (Å²) in [6.07, 6.45) is 0. The summed E-state index contributed by atoms with van der Waals surface area (Å²) in [5.41, 5.74) is 6.11. The molecule has 8 heteroatoms. The van der Waals surface area contributed by atoms with Gasteiger partial charge in [-0.05, 0) is 24.3 Å². The summed E-state index contributed by atoms with van der Waals surface area (Å²) in [5, 5.41) is 9.05. The SMILES string of the molecule is Nc1ccc(Cl)cc1.O=C(O)c1nc(Cl)c(Cl)[nH]1. The van der Waals surface area contributed by atoms with Crippen molar-refractivity contribution in [3.63, 3.8) is 0 Å². The van der Waals surface area contributed by atoms with Crippen molar-refractivity contribution in [3.05, 3.63) is 45.4 Å². The fraction of sp³-hybridized carbons (Fsp3) is 0. The summed E-state index contributed by atoms with van der Waals surface area (Å²) in [5.74, 6) is -1.44. The van der Waals surface area contributed by atoms with Crippen molar-refractivity contribution in [2.45, 2.75) is 0 Å². The van der Waals surface area contributed by atoms with E-state index in [1.807, 2.05) is 0 Å². The number of aromatic amines is 1. The number of nitrogen functional groups attached to an aromatic ring is 1. The Balaban J connectivity index is 0.000000184. The molecule has 0 atom stereocenters. The fourth-order valence-electron chi connectivity index (χ4n) is 0.895. The summed E-state index contributed by atoms with van der Waals surface area (Å²) in [6.45, 7) is 0. The van der Waals surface area contributed by atoms with E-state index in [0.717, 1.165) is 10.7 Å². The minimum Gasteiger partial charge on any atom is -0.475 e. The molecule has 2 rings (SSSR count). The van der Waals surface area contributed by atoms with Crippen LogP contribution in [0, 0.1) is 0 Å². The van der Waals surface area contributed by atoms with Crippen molar-refractivity contribution in [2.75, 3.05) is 5.73 Å². The number of hydrogen-bond donors (Lipinski definition) is 3. The van der Waals surface area contributed by atoms with Crippen molar-refractivity contribution < 1.29 is 9.90 Å². The van der Waals surface area contributed by atoms with Crippen LogP contribution >= 0.6 is 34.8 Å². The Hall–Kier alpha value is -1.43. The molecule has 0 aliphatic rings. The molecule has 0 amide bonds. The van der Waals surface area contributed by atoms with Gasteiger partial charge in [-0.1, -0.05) is 34.8 Å². The minimum atomic E-state index is -1.19. The summed E-state index contributed by atoms with van der Waals surface area (Å²) >= 11 is 16.3. The van der Waals surface area contributed by atoms with Crippen molar-refractivity contribution in [3.8, 4) is 0 Å². The first-order valence-electron chi connectivity index (χ1n) is 4.55. The second kappa shape index (κ2) is 6.49. The van der Waals surface area contributed by atoms with Gasteiger partial charge < -0.3 is 15.8 Å². The summed E-state index contributed by atoms with van der Waals surface area (Å²) in [4.78, 5) is 15.8. The number of nitrogens with two attached hydrogens (primary N) is 1. The smallest absolute Gasteiger partial charge is 0.371 e. The molecule has 0 saturated carbocycles. The Morgan fingerprint density at radius 2 is 1.78 bits per heavy atom. The molecule has 0 saturated heterocycles. The quantitative estimate of drug-likeness (QED) is 0.704. The second-order valence-electron chi connectivity index (χ2n) is 3.05. The van der Waals surface area contributed by atoms with Gasteiger partial charge in [0.25, 0.3) is 0 Å². The lowest BCUT2D eigenvalue weighted by molar-refractivity contribution is 0.0685. The number of H-pyrrole nitrogens is 1. The van der Waals surface area contributed by atoms with E-state index in [1.54, 1.807) is 24.3 Å². The summed E-state index contributed by atoms with van der Waals surface area (Å²) in [6, 6.07) is 7.05. The van der Waals surface area contributed by atoms with Gasteiger partial charge in [0.05, 0.1) is 0 Å². The lowest BCUT2D eigenvalue weighted by atomic mass is 10.3. The number of benzene rings is 1. The van der Waals surface area contributed by atoms with Gasteiger partial charge in [-0.25, -0.2) is 9.78 Å². The summed E-state index contributed by atoms with van der Waals surface area (Å²) < 4.78 is 0. The topological polar surface area (TPSA) is 92.0 Å². The van der Waals surface area contributed by atoms with Crippen LogP contribution in [0.4, 0.5) is 5.69 Å². The Morgan fingerprint density at radius 1 is 1.22 bits per heavy atom. The van der Waals surface area contributed by atoms with Gasteiger partial charge >= 0.3 is 5.97 Å². The molecule has 18 heavy (non-hydrogen) atoms. The van der Waals surface area contributed by atoms with Crippen LogP contribution in [0.25, 0.3) is 0 Å². The van der Waals surface area contributed by atoms with Crippen LogP contribution < -0.4 is 5.73 Å². The van der Waals surface area contributed by atoms with Crippen LogP contribution in [0.5, 0.6) is 0 Å². The molecule has 96 valence electrons. The maximum atomic E-state index is 10.2. The zero-order chi connectivity index (χ0) is 13.7. The number of aromatic nitrogens is 2. The average Bonchev–Trinajstić information content (AvgIpc) is 2.65. The zero-order valence-corrected chi connectivity index (χ0v) is 11.1. The molecule has 0 spiro atoms. The van der Waals surface area contributed by atoms with Crippen molar-refractivity contribution in [2.24, 2.45) is 0 Å². The van der Waals surface area contributed by atoms with Gasteiger partial charge in [-0.3, -0.25) is 0 Å². The molecule has 2 aromatic rings. The highest BCUT2D eigenvalue weighted by molar-refractivity contribution is 6.40. The van der Waals surface area contributed by atoms with Gasteiger partial charge in [-0.15, -0.1) is 0 Å². The molecule has 1 aromatic carbocycles. The lowest BCUT2D eigenvalue weighted by Crippen LogP contribution is -1.97. The Kier molecular flexibility index (Phi) is 5.27. The predicted molar refractivity (Wildman–Crippen MR) is 71.4 cm³/mol. The van der Waals surface area contributed by atoms with Crippen LogP contribution in [0.2, 0.25) is 15.3 Å². The molecule has 0 unspecified atom stereocenters. The van der Waals surface area contributed by atoms with E-state index in [9.17, 15) is 4.79 Å². The number of carboxylic acids is 1. The molecular weight excluding hydrogens is 300 g/mol. The van der Waals surface area contributed by atoms with Gasteiger partial charge in [0, 0.05) is 10.7 Å². The molecule has 0 aliphatic heterocycles. The number of hydrogen-bond acceptors (Lipinski definition) is 3. The van der Waals surface area contributed by atoms with Crippen molar-refractivity contribution in [1.29, 1.82) is 0 Å². The monoisotopic (exact) mass is 307 g/mol. The van der Waals surface area contributed by atoms with Crippen LogP contribution in [0.3, 0.4) is 0 Å². The van der Waals surface area contributed by atoms with E-state index in [1.165, 1.54) is 0 Å². The van der Waals surface area contributed by atoms with Gasteiger partial charge in [0.15, 0.2) is 5.15 Å². The molecule has 0 aliphatic carbocycles. The first kappa shape index (κ1) is 14.6. The van der Waals surface area contributed by atoms with E-state index in [4.69, 9.17) is 45.6 Å². The maximum absolute atomic E-state index is 10.2. The van der Waals surface area contributed by atoms with E-state index < -0.39 is 5.97 Å². The average molecular weight is 309 g/mol. The molecule has 0 radical (unpaired) electrons. The van der Waals surface area contributed by atoms with Crippen molar-refractivity contribution in [1.82, 2.24) is 9.97 Å². The lowest BCUT2D eigenvalue weighted by Gasteiger charge is -1.88. The number of anilines is 1. The van der Waals surface area contributed by atoms with Gasteiger partial charge in [0.2, 0.25) is 5.82 Å². The number of rotatable bonds is 1. The standard InChI is InChI=1S/C6H6ClN.C4H2Cl2N2O2/c7-5-1-3-6(8)4-2-5;5-1-2(6)8-3(7-1)4(9)10/h1-4H,8H2;(H,7,8)(H,9,10). The highest BCUT2D eigenvalue weighted by Crippen LogP contribution is 2.17. The third-order valence-electron chi connectivity index (χ3n) is 1.69.